The smallest absolute Gasteiger partial charge is 0.321 e. The highest BCUT2D eigenvalue weighted by Crippen LogP contribution is 2.31. The summed E-state index contributed by atoms with van der Waals surface area (Å²) < 4.78 is 5.46. The van der Waals surface area contributed by atoms with E-state index in [1.807, 2.05) is 23.1 Å². The van der Waals surface area contributed by atoms with Crippen LogP contribution in [0.25, 0.3) is 0 Å². The monoisotopic (exact) mass is 421 g/mol. The summed E-state index contributed by atoms with van der Waals surface area (Å²) in [6.07, 6.45) is 4.08. The molecule has 31 heavy (non-hydrogen) atoms. The number of rotatable bonds is 6. The van der Waals surface area contributed by atoms with Crippen molar-refractivity contribution in [2.75, 3.05) is 38.2 Å². The van der Waals surface area contributed by atoms with Crippen molar-refractivity contribution in [2.45, 2.75) is 25.7 Å². The second-order valence-electron chi connectivity index (χ2n) is 8.44. The summed E-state index contributed by atoms with van der Waals surface area (Å²) in [6.45, 7) is 3.90. The van der Waals surface area contributed by atoms with Gasteiger partial charge in [0.1, 0.15) is 0 Å². The third-order valence-corrected chi connectivity index (χ3v) is 6.38. The van der Waals surface area contributed by atoms with Crippen LogP contribution in [0.5, 0.6) is 0 Å². The van der Waals surface area contributed by atoms with Gasteiger partial charge in [-0.2, -0.15) is 0 Å². The Hall–Kier alpha value is -2.86. The third-order valence-electron chi connectivity index (χ3n) is 6.38. The van der Waals surface area contributed by atoms with E-state index in [1.54, 1.807) is 24.3 Å². The summed E-state index contributed by atoms with van der Waals surface area (Å²) in [5, 5.41) is 5.91. The fourth-order valence-corrected chi connectivity index (χ4v) is 4.52. The van der Waals surface area contributed by atoms with Gasteiger partial charge in [0.05, 0.1) is 0 Å². The van der Waals surface area contributed by atoms with Gasteiger partial charge in [0.25, 0.3) is 5.91 Å². The first-order valence-electron chi connectivity index (χ1n) is 11.2. The minimum absolute atomic E-state index is 0.0605. The molecule has 6 heteroatoms. The molecule has 0 spiro atoms. The topological polar surface area (TPSA) is 70.7 Å². The first kappa shape index (κ1) is 21.4. The van der Waals surface area contributed by atoms with Gasteiger partial charge in [-0.25, -0.2) is 4.79 Å². The fraction of sp³-hybridized carbons (Fsp3) is 0.440. The van der Waals surface area contributed by atoms with Gasteiger partial charge in [-0.15, -0.1) is 0 Å². The van der Waals surface area contributed by atoms with E-state index in [-0.39, 0.29) is 11.9 Å². The Labute approximate surface area is 184 Å². The number of anilines is 1. The molecule has 2 aliphatic heterocycles. The lowest BCUT2D eigenvalue weighted by molar-refractivity contribution is 0.0485. The van der Waals surface area contributed by atoms with Crippen LogP contribution < -0.4 is 10.6 Å². The second-order valence-corrected chi connectivity index (χ2v) is 8.44. The number of urea groups is 1. The molecular formula is C25H31N3O3. The van der Waals surface area contributed by atoms with Crippen molar-refractivity contribution in [3.8, 4) is 0 Å². The van der Waals surface area contributed by atoms with Crippen molar-refractivity contribution in [2.24, 2.45) is 11.8 Å². The molecule has 4 rings (SSSR count). The standard InChI is InChI=1S/C25H31N3O3/c29-24(26-14-10-19-4-2-1-3-5-19)21-6-8-23(9-7-21)27-25(30)28-15-11-22(18-28)20-12-16-31-17-13-20/h1-9,20,22H,10-18H2,(H,26,29)(H,27,30). The molecule has 6 nitrogen and oxygen atoms in total. The zero-order valence-corrected chi connectivity index (χ0v) is 17.9. The third kappa shape index (κ3) is 5.85. The Kier molecular flexibility index (Phi) is 7.20. The highest BCUT2D eigenvalue weighted by Gasteiger charge is 2.32. The van der Waals surface area contributed by atoms with Crippen molar-refractivity contribution in [3.05, 3.63) is 65.7 Å². The zero-order valence-electron chi connectivity index (χ0n) is 17.9. The highest BCUT2D eigenvalue weighted by atomic mass is 16.5. The van der Waals surface area contributed by atoms with Crippen LogP contribution in [0.3, 0.4) is 0 Å². The normalized spacial score (nSPS) is 19.2. The Morgan fingerprint density at radius 2 is 1.68 bits per heavy atom. The molecule has 0 bridgehead atoms. The second kappa shape index (κ2) is 10.4. The van der Waals surface area contributed by atoms with E-state index < -0.39 is 0 Å². The largest absolute Gasteiger partial charge is 0.381 e. The number of nitrogens with one attached hydrogen (secondary N) is 2. The zero-order chi connectivity index (χ0) is 21.5. The van der Waals surface area contributed by atoms with E-state index in [0.29, 0.717) is 29.6 Å². The molecule has 1 unspecified atom stereocenters. The molecule has 0 saturated carbocycles. The predicted octanol–water partition coefficient (Wildman–Crippen LogP) is 3.94. The molecule has 2 fully saturated rings. The molecule has 0 aliphatic carbocycles. The van der Waals surface area contributed by atoms with Gasteiger partial charge < -0.3 is 20.3 Å². The van der Waals surface area contributed by atoms with Gasteiger partial charge in [-0.05, 0) is 67.3 Å². The SMILES string of the molecule is O=C(NCCc1ccccc1)c1ccc(NC(=O)N2CCC(C3CCOCC3)C2)cc1. The van der Waals surface area contributed by atoms with Crippen LogP contribution in [0.15, 0.2) is 54.6 Å². The van der Waals surface area contributed by atoms with Crippen LogP contribution in [-0.4, -0.2) is 49.7 Å². The lowest BCUT2D eigenvalue weighted by Gasteiger charge is -2.27. The molecule has 2 aromatic rings. The fourth-order valence-electron chi connectivity index (χ4n) is 4.52. The quantitative estimate of drug-likeness (QED) is 0.742. The number of nitrogens with zero attached hydrogens (tertiary/aromatic N) is 1. The molecule has 2 aromatic carbocycles. The summed E-state index contributed by atoms with van der Waals surface area (Å²) >= 11 is 0. The van der Waals surface area contributed by atoms with E-state index in [0.717, 1.165) is 52.0 Å². The van der Waals surface area contributed by atoms with Crippen molar-refractivity contribution < 1.29 is 14.3 Å². The van der Waals surface area contributed by atoms with Crippen LogP contribution in [0.2, 0.25) is 0 Å². The van der Waals surface area contributed by atoms with E-state index in [2.05, 4.69) is 22.8 Å². The molecule has 164 valence electrons. The molecule has 0 aromatic heterocycles. The number of hydrogen-bond acceptors (Lipinski definition) is 3. The van der Waals surface area contributed by atoms with Crippen LogP contribution in [0.1, 0.15) is 35.2 Å². The number of ether oxygens (including phenoxy) is 1. The molecule has 2 aliphatic rings. The Morgan fingerprint density at radius 3 is 2.42 bits per heavy atom. The summed E-state index contributed by atoms with van der Waals surface area (Å²) in [7, 11) is 0. The highest BCUT2D eigenvalue weighted by molar-refractivity contribution is 5.95. The molecule has 2 N–H and O–H groups in total. The maximum Gasteiger partial charge on any atom is 0.321 e. The molecule has 0 radical (unpaired) electrons. The van der Waals surface area contributed by atoms with Gasteiger partial charge in [-0.3, -0.25) is 4.79 Å². The van der Waals surface area contributed by atoms with Gasteiger partial charge in [-0.1, -0.05) is 30.3 Å². The number of carbonyl (C=O) groups excluding carboxylic acids is 2. The van der Waals surface area contributed by atoms with Crippen molar-refractivity contribution in [1.29, 1.82) is 0 Å². The molecular weight excluding hydrogens is 390 g/mol. The van der Waals surface area contributed by atoms with Gasteiger partial charge in [0.15, 0.2) is 0 Å². The van der Waals surface area contributed by atoms with Gasteiger partial charge >= 0.3 is 6.03 Å². The first-order valence-corrected chi connectivity index (χ1v) is 11.2. The van der Waals surface area contributed by atoms with E-state index in [4.69, 9.17) is 4.74 Å². The van der Waals surface area contributed by atoms with Crippen molar-refractivity contribution in [1.82, 2.24) is 10.2 Å². The van der Waals surface area contributed by atoms with E-state index in [1.165, 1.54) is 5.56 Å². The van der Waals surface area contributed by atoms with Gasteiger partial charge in [0.2, 0.25) is 0 Å². The summed E-state index contributed by atoms with van der Waals surface area (Å²) in [6, 6.07) is 17.1. The average Bonchev–Trinajstić information content (AvgIpc) is 3.31. The summed E-state index contributed by atoms with van der Waals surface area (Å²) in [4.78, 5) is 26.9. The Morgan fingerprint density at radius 1 is 0.935 bits per heavy atom. The number of benzene rings is 2. The lowest BCUT2D eigenvalue weighted by Crippen LogP contribution is -2.34. The molecule has 3 amide bonds. The average molecular weight is 422 g/mol. The first-order chi connectivity index (χ1) is 15.2. The molecule has 2 saturated heterocycles. The minimum atomic E-state index is -0.104. The summed E-state index contributed by atoms with van der Waals surface area (Å²) in [5.41, 5.74) is 2.49. The molecule has 1 atom stereocenters. The van der Waals surface area contributed by atoms with E-state index >= 15 is 0 Å². The lowest BCUT2D eigenvalue weighted by atomic mass is 9.85. The maximum absolute atomic E-state index is 12.6. The molecule has 2 heterocycles. The van der Waals surface area contributed by atoms with Gasteiger partial charge in [0, 0.05) is 44.1 Å². The predicted molar refractivity (Wildman–Crippen MR) is 121 cm³/mol. The van der Waals surface area contributed by atoms with Crippen LogP contribution in [0, 0.1) is 11.8 Å². The Balaban J connectivity index is 1.22. The van der Waals surface area contributed by atoms with Crippen molar-refractivity contribution >= 4 is 17.6 Å². The van der Waals surface area contributed by atoms with Crippen LogP contribution in [-0.2, 0) is 11.2 Å². The number of amides is 3. The minimum Gasteiger partial charge on any atom is -0.381 e. The van der Waals surface area contributed by atoms with Crippen LogP contribution in [0.4, 0.5) is 10.5 Å². The van der Waals surface area contributed by atoms with Crippen molar-refractivity contribution in [3.63, 3.8) is 0 Å². The van der Waals surface area contributed by atoms with E-state index in [9.17, 15) is 9.59 Å². The number of hydrogen-bond donors (Lipinski definition) is 2. The van der Waals surface area contributed by atoms with Crippen LogP contribution >= 0.6 is 0 Å². The number of likely N-dealkylation sites (tertiary alicyclic amines) is 1. The Bertz CT molecular complexity index is 863. The maximum atomic E-state index is 12.6. The summed E-state index contributed by atoms with van der Waals surface area (Å²) in [5.74, 6) is 1.15. The number of carbonyl (C=O) groups is 2.